The summed E-state index contributed by atoms with van der Waals surface area (Å²) in [6.07, 6.45) is 0. The number of para-hydroxylation sites is 1. The van der Waals surface area contributed by atoms with Crippen molar-refractivity contribution in [2.24, 2.45) is 0 Å². The number of hydrogen-bond acceptors (Lipinski definition) is 5. The lowest BCUT2D eigenvalue weighted by Crippen LogP contribution is -2.18. The predicted molar refractivity (Wildman–Crippen MR) is 146 cm³/mol. The molecule has 0 bridgehead atoms. The van der Waals surface area contributed by atoms with E-state index in [4.69, 9.17) is 16.6 Å². The molecular weight excluding hydrogens is 514 g/mol. The van der Waals surface area contributed by atoms with Gasteiger partial charge < -0.3 is 5.32 Å². The van der Waals surface area contributed by atoms with Gasteiger partial charge in [-0.15, -0.1) is 11.3 Å². The van der Waals surface area contributed by atoms with Gasteiger partial charge in [0, 0.05) is 16.3 Å². The van der Waals surface area contributed by atoms with Crippen LogP contribution in [0, 0.1) is 6.92 Å². The monoisotopic (exact) mass is 533 g/mol. The van der Waals surface area contributed by atoms with Crippen molar-refractivity contribution < 1.29 is 13.2 Å². The van der Waals surface area contributed by atoms with Crippen LogP contribution in [0.4, 0.5) is 11.4 Å². The normalized spacial score (nSPS) is 11.4. The Hall–Kier alpha value is -3.72. The maximum Gasteiger partial charge on any atom is 0.261 e. The number of carbonyl (C=O) groups is 1. The molecule has 0 fully saturated rings. The summed E-state index contributed by atoms with van der Waals surface area (Å²) in [5.74, 6) is -0.437. The Labute approximate surface area is 217 Å². The molecule has 0 unspecified atom stereocenters. The van der Waals surface area contributed by atoms with E-state index in [1.165, 1.54) is 29.8 Å². The van der Waals surface area contributed by atoms with Crippen LogP contribution in [0.15, 0.2) is 95.9 Å². The minimum atomic E-state index is -3.90. The Kier molecular flexibility index (Phi) is 6.49. The SMILES string of the molecule is Cc1ccc2nc(-c3ccc(NC(=O)c4ccccc4NS(=O)(=O)c4ccc(Cl)cc4)cc3)sc2c1. The van der Waals surface area contributed by atoms with Crippen LogP contribution >= 0.6 is 22.9 Å². The topological polar surface area (TPSA) is 88.2 Å². The lowest BCUT2D eigenvalue weighted by Gasteiger charge is -2.13. The van der Waals surface area contributed by atoms with E-state index in [1.807, 2.05) is 24.3 Å². The van der Waals surface area contributed by atoms with Crippen LogP contribution in [-0.4, -0.2) is 19.3 Å². The number of benzene rings is 4. The zero-order chi connectivity index (χ0) is 25.3. The average Bonchev–Trinajstić information content (AvgIpc) is 3.28. The van der Waals surface area contributed by atoms with E-state index in [0.29, 0.717) is 10.7 Å². The fourth-order valence-electron chi connectivity index (χ4n) is 3.64. The number of nitrogens with one attached hydrogen (secondary N) is 2. The van der Waals surface area contributed by atoms with Crippen molar-refractivity contribution >= 4 is 60.5 Å². The molecule has 1 amide bonds. The predicted octanol–water partition coefficient (Wildman–Crippen LogP) is 6.98. The van der Waals surface area contributed by atoms with Crippen molar-refractivity contribution in [1.82, 2.24) is 4.98 Å². The van der Waals surface area contributed by atoms with Crippen molar-refractivity contribution in [3.05, 3.63) is 107 Å². The van der Waals surface area contributed by atoms with E-state index in [0.717, 1.165) is 20.8 Å². The Bertz CT molecular complexity index is 1680. The molecule has 5 rings (SSSR count). The largest absolute Gasteiger partial charge is 0.322 e. The lowest BCUT2D eigenvalue weighted by molar-refractivity contribution is 0.102. The van der Waals surface area contributed by atoms with Crippen LogP contribution < -0.4 is 10.0 Å². The minimum Gasteiger partial charge on any atom is -0.322 e. The zero-order valence-electron chi connectivity index (χ0n) is 19.0. The Morgan fingerprint density at radius 1 is 0.917 bits per heavy atom. The molecule has 0 atom stereocenters. The number of carbonyl (C=O) groups excluding carboxylic acids is 1. The van der Waals surface area contributed by atoms with Gasteiger partial charge in [0.05, 0.1) is 26.4 Å². The van der Waals surface area contributed by atoms with Crippen LogP contribution in [0.1, 0.15) is 15.9 Å². The molecule has 5 aromatic rings. The molecule has 0 aliphatic rings. The van der Waals surface area contributed by atoms with Gasteiger partial charge >= 0.3 is 0 Å². The van der Waals surface area contributed by atoms with Gasteiger partial charge in [-0.05, 0) is 85.3 Å². The Morgan fingerprint density at radius 3 is 2.39 bits per heavy atom. The first kappa shape index (κ1) is 24.0. The molecule has 1 heterocycles. The summed E-state index contributed by atoms with van der Waals surface area (Å²) >= 11 is 7.48. The van der Waals surface area contributed by atoms with E-state index in [1.54, 1.807) is 47.7 Å². The van der Waals surface area contributed by atoms with Crippen LogP contribution in [-0.2, 0) is 10.0 Å². The van der Waals surface area contributed by atoms with Crippen LogP contribution in [0.25, 0.3) is 20.8 Å². The van der Waals surface area contributed by atoms with Crippen molar-refractivity contribution in [1.29, 1.82) is 0 Å². The van der Waals surface area contributed by atoms with Gasteiger partial charge in [0.25, 0.3) is 15.9 Å². The quantitative estimate of drug-likeness (QED) is 0.246. The third-order valence-corrected chi connectivity index (χ3v) is 8.17. The van der Waals surface area contributed by atoms with Gasteiger partial charge in [-0.3, -0.25) is 9.52 Å². The number of hydrogen-bond donors (Lipinski definition) is 2. The summed E-state index contributed by atoms with van der Waals surface area (Å²) in [5.41, 5.74) is 4.04. The molecule has 0 saturated heterocycles. The fraction of sp³-hybridized carbons (Fsp3) is 0.0370. The van der Waals surface area contributed by atoms with E-state index in [2.05, 4.69) is 23.0 Å². The third kappa shape index (κ3) is 5.11. The van der Waals surface area contributed by atoms with Crippen LogP contribution in [0.3, 0.4) is 0 Å². The van der Waals surface area contributed by atoms with Crippen molar-refractivity contribution in [2.75, 3.05) is 10.0 Å². The van der Waals surface area contributed by atoms with Crippen molar-refractivity contribution in [3.63, 3.8) is 0 Å². The molecule has 2 N–H and O–H groups in total. The lowest BCUT2D eigenvalue weighted by atomic mass is 10.1. The second-order valence-corrected chi connectivity index (χ2v) is 11.3. The Morgan fingerprint density at radius 2 is 1.64 bits per heavy atom. The average molecular weight is 534 g/mol. The number of aryl methyl sites for hydroxylation is 1. The number of sulfonamides is 1. The first-order valence-corrected chi connectivity index (χ1v) is 13.6. The molecule has 0 spiro atoms. The van der Waals surface area contributed by atoms with Crippen molar-refractivity contribution in [3.8, 4) is 10.6 Å². The van der Waals surface area contributed by atoms with Gasteiger partial charge in [-0.2, -0.15) is 0 Å². The van der Waals surface area contributed by atoms with Gasteiger partial charge in [-0.1, -0.05) is 29.8 Å². The van der Waals surface area contributed by atoms with Gasteiger partial charge in [0.15, 0.2) is 0 Å². The summed E-state index contributed by atoms with van der Waals surface area (Å²) in [5, 5.41) is 4.16. The highest BCUT2D eigenvalue weighted by Crippen LogP contribution is 2.31. The summed E-state index contributed by atoms with van der Waals surface area (Å²) in [6.45, 7) is 2.05. The molecule has 1 aromatic heterocycles. The highest BCUT2D eigenvalue weighted by molar-refractivity contribution is 7.92. The number of rotatable bonds is 6. The summed E-state index contributed by atoms with van der Waals surface area (Å²) in [4.78, 5) is 17.8. The van der Waals surface area contributed by atoms with Gasteiger partial charge in [0.2, 0.25) is 0 Å². The minimum absolute atomic E-state index is 0.0442. The second-order valence-electron chi connectivity index (χ2n) is 8.13. The molecule has 0 saturated carbocycles. The zero-order valence-corrected chi connectivity index (χ0v) is 21.4. The number of amides is 1. The van der Waals surface area contributed by atoms with E-state index >= 15 is 0 Å². The van der Waals surface area contributed by atoms with E-state index in [-0.39, 0.29) is 16.1 Å². The number of thiazole rings is 1. The first-order chi connectivity index (χ1) is 17.3. The van der Waals surface area contributed by atoms with Gasteiger partial charge in [0.1, 0.15) is 5.01 Å². The van der Waals surface area contributed by atoms with Crippen molar-refractivity contribution in [2.45, 2.75) is 11.8 Å². The molecule has 180 valence electrons. The van der Waals surface area contributed by atoms with E-state index in [9.17, 15) is 13.2 Å². The standard InChI is InChI=1S/C27H20ClN3O3S2/c1-17-6-15-24-25(16-17)35-27(30-24)18-7-11-20(12-8-18)29-26(32)22-4-2-3-5-23(22)31-36(33,34)21-13-9-19(28)10-14-21/h2-16,31H,1H3,(H,29,32). The molecule has 6 nitrogen and oxygen atoms in total. The third-order valence-electron chi connectivity index (χ3n) is 5.47. The highest BCUT2D eigenvalue weighted by atomic mass is 35.5. The highest BCUT2D eigenvalue weighted by Gasteiger charge is 2.19. The van der Waals surface area contributed by atoms with Crippen LogP contribution in [0.5, 0.6) is 0 Å². The number of aromatic nitrogens is 1. The second kappa shape index (κ2) is 9.73. The number of nitrogens with zero attached hydrogens (tertiary/aromatic N) is 1. The molecule has 0 aliphatic carbocycles. The summed E-state index contributed by atoms with van der Waals surface area (Å²) < 4.78 is 29.2. The maximum atomic E-state index is 13.0. The number of fused-ring (bicyclic) bond motifs is 1. The van der Waals surface area contributed by atoms with Crippen LogP contribution in [0.2, 0.25) is 5.02 Å². The number of anilines is 2. The molecular formula is C27H20ClN3O3S2. The summed E-state index contributed by atoms with van der Waals surface area (Å²) in [6, 6.07) is 25.8. The van der Waals surface area contributed by atoms with Gasteiger partial charge in [-0.25, -0.2) is 13.4 Å². The van der Waals surface area contributed by atoms with E-state index < -0.39 is 15.9 Å². The molecule has 0 radical (unpaired) electrons. The molecule has 36 heavy (non-hydrogen) atoms. The molecule has 4 aromatic carbocycles. The Balaban J connectivity index is 1.34. The maximum absolute atomic E-state index is 13.0. The first-order valence-electron chi connectivity index (χ1n) is 10.9. The molecule has 9 heteroatoms. The molecule has 0 aliphatic heterocycles. The smallest absolute Gasteiger partial charge is 0.261 e. The number of halogens is 1. The fourth-order valence-corrected chi connectivity index (χ4v) is 5.91. The summed E-state index contributed by atoms with van der Waals surface area (Å²) in [7, 11) is -3.90.